The minimum atomic E-state index is -0.922. The van der Waals surface area contributed by atoms with Crippen LogP contribution in [0, 0.1) is 0 Å². The summed E-state index contributed by atoms with van der Waals surface area (Å²) in [6.45, 7) is 0. The van der Waals surface area contributed by atoms with Gasteiger partial charge < -0.3 is 20.6 Å². The molecule has 0 saturated carbocycles. The third-order valence-electron chi connectivity index (χ3n) is 7.21. The standard InChI is InChI=1S/C31H29N7O5S5/c1-42-36-22(20-15-46-30(32)33-20)26(39)35-23-27(40)38-24(19(13-45-28(23)38)14-47-31-34-21(16-44-2)37-48-31)29(41)43-25(17-9-5-3-6-10-17)18-11-7-4-8-12-18/h3-12,15,23,25,28H,13-14,16H2,1-2H3,(H2,32,33)(H,35,39)/t23?,28-/m1/s1. The van der Waals surface area contributed by atoms with E-state index in [1.54, 1.807) is 17.1 Å². The van der Waals surface area contributed by atoms with Crippen LogP contribution in [0.2, 0.25) is 0 Å². The number of oxime groups is 1. The first kappa shape index (κ1) is 34.0. The Labute approximate surface area is 297 Å². The number of β-lactam (4-membered cyclic amide) rings is 1. The SMILES string of the molecule is CON=C(C(=O)NC1C(=O)N2C(C(=O)OC(c3ccccc3)c3ccccc3)=C(CSc3nc(CSC)ns3)CS[C@H]12)c1csc(N)n1. The molecule has 0 radical (unpaired) electrons. The molecule has 2 amide bonds. The number of esters is 1. The molecule has 2 aliphatic rings. The van der Waals surface area contributed by atoms with Crippen molar-refractivity contribution in [3.05, 3.63) is 100.0 Å². The third-order valence-corrected chi connectivity index (χ3v) is 11.7. The fraction of sp³-hybridized carbons (Fsp3) is 0.258. The maximum atomic E-state index is 14.2. The number of hydrogen-bond acceptors (Lipinski definition) is 15. The van der Waals surface area contributed by atoms with E-state index in [9.17, 15) is 14.4 Å². The third kappa shape index (κ3) is 7.39. The second-order valence-corrected chi connectivity index (χ2v) is 15.1. The van der Waals surface area contributed by atoms with Crippen molar-refractivity contribution in [3.8, 4) is 0 Å². The molecule has 48 heavy (non-hydrogen) atoms. The second kappa shape index (κ2) is 15.5. The van der Waals surface area contributed by atoms with Crippen LogP contribution in [0.25, 0.3) is 0 Å². The van der Waals surface area contributed by atoms with Gasteiger partial charge in [-0.05, 0) is 34.5 Å². The topological polar surface area (TPSA) is 162 Å². The number of amides is 2. The molecule has 0 bridgehead atoms. The lowest BCUT2D eigenvalue weighted by molar-refractivity contribution is -0.154. The zero-order chi connectivity index (χ0) is 33.6. The van der Waals surface area contributed by atoms with E-state index in [4.69, 9.17) is 15.3 Å². The molecule has 0 spiro atoms. The molecule has 2 aromatic carbocycles. The van der Waals surface area contributed by atoms with Crippen LogP contribution in [-0.4, -0.2) is 79.0 Å². The van der Waals surface area contributed by atoms with Crippen LogP contribution in [0.15, 0.2) is 86.8 Å². The van der Waals surface area contributed by atoms with Gasteiger partial charge in [-0.25, -0.2) is 14.8 Å². The number of hydrogen-bond donors (Lipinski definition) is 2. The Hall–Kier alpha value is -3.90. The maximum absolute atomic E-state index is 14.2. The molecule has 1 unspecified atom stereocenters. The Kier molecular flexibility index (Phi) is 11.0. The minimum absolute atomic E-state index is 0.115. The average Bonchev–Trinajstić information content (AvgIpc) is 3.76. The molecule has 2 aromatic heterocycles. The van der Waals surface area contributed by atoms with Crippen LogP contribution in [0.3, 0.4) is 0 Å². The number of aromatic nitrogens is 3. The van der Waals surface area contributed by atoms with Crippen LogP contribution in [-0.2, 0) is 29.7 Å². The molecular weight excluding hydrogens is 711 g/mol. The number of nitrogen functional groups attached to an aromatic ring is 1. The van der Waals surface area contributed by atoms with Gasteiger partial charge in [0.1, 0.15) is 29.9 Å². The largest absolute Gasteiger partial charge is 0.448 e. The first-order valence-electron chi connectivity index (χ1n) is 14.4. The molecule has 6 rings (SSSR count). The number of carbonyl (C=O) groups excluding carboxylic acids is 3. The quantitative estimate of drug-likeness (QED) is 0.0647. The fourth-order valence-corrected chi connectivity index (χ4v) is 9.20. The number of rotatable bonds is 13. The summed E-state index contributed by atoms with van der Waals surface area (Å²) in [6.07, 6.45) is 1.28. The van der Waals surface area contributed by atoms with Crippen molar-refractivity contribution in [2.75, 3.05) is 30.6 Å². The van der Waals surface area contributed by atoms with Gasteiger partial charge in [-0.1, -0.05) is 77.6 Å². The van der Waals surface area contributed by atoms with Gasteiger partial charge in [0.25, 0.3) is 11.8 Å². The molecule has 1 saturated heterocycles. The summed E-state index contributed by atoms with van der Waals surface area (Å²) < 4.78 is 11.4. The van der Waals surface area contributed by atoms with Gasteiger partial charge >= 0.3 is 5.97 Å². The van der Waals surface area contributed by atoms with Gasteiger partial charge in [0.2, 0.25) is 0 Å². The van der Waals surface area contributed by atoms with Gasteiger partial charge in [0.15, 0.2) is 27.1 Å². The number of fused-ring (bicyclic) bond motifs is 1. The predicted molar refractivity (Wildman–Crippen MR) is 191 cm³/mol. The van der Waals surface area contributed by atoms with Crippen molar-refractivity contribution < 1.29 is 24.0 Å². The van der Waals surface area contributed by atoms with Crippen LogP contribution in [0.1, 0.15) is 28.7 Å². The van der Waals surface area contributed by atoms with E-state index < -0.39 is 35.3 Å². The summed E-state index contributed by atoms with van der Waals surface area (Å²) >= 11 is 7.00. The van der Waals surface area contributed by atoms with E-state index in [0.29, 0.717) is 17.3 Å². The molecule has 4 aromatic rings. The van der Waals surface area contributed by atoms with E-state index in [2.05, 4.69) is 24.8 Å². The number of nitrogens with one attached hydrogen (secondary N) is 1. The van der Waals surface area contributed by atoms with Crippen LogP contribution >= 0.6 is 58.2 Å². The first-order chi connectivity index (χ1) is 23.4. The highest BCUT2D eigenvalue weighted by molar-refractivity contribution is 8.01. The Morgan fingerprint density at radius 3 is 2.44 bits per heavy atom. The lowest BCUT2D eigenvalue weighted by Crippen LogP contribution is -2.71. The molecule has 12 nitrogen and oxygen atoms in total. The highest BCUT2D eigenvalue weighted by atomic mass is 32.2. The number of thioether (sulfide) groups is 3. The molecule has 1 fully saturated rings. The van der Waals surface area contributed by atoms with Gasteiger partial charge in [-0.15, -0.1) is 23.1 Å². The number of nitrogens with two attached hydrogens (primary N) is 1. The Morgan fingerprint density at radius 2 is 1.81 bits per heavy atom. The number of benzene rings is 2. The summed E-state index contributed by atoms with van der Waals surface area (Å²) in [5.41, 5.74) is 8.35. The molecule has 3 N–H and O–H groups in total. The van der Waals surface area contributed by atoms with Gasteiger partial charge in [0, 0.05) is 16.9 Å². The highest BCUT2D eigenvalue weighted by Gasteiger charge is 2.55. The first-order valence-corrected chi connectivity index (χ1v) is 19.5. The van der Waals surface area contributed by atoms with E-state index in [0.717, 1.165) is 38.2 Å². The number of ether oxygens (including phenoxy) is 1. The monoisotopic (exact) mass is 739 g/mol. The minimum Gasteiger partial charge on any atom is -0.448 e. The number of carbonyl (C=O) groups is 3. The van der Waals surface area contributed by atoms with Gasteiger partial charge in [0.05, 0.1) is 5.75 Å². The second-order valence-electron chi connectivity index (χ2n) is 10.3. The van der Waals surface area contributed by atoms with Crippen molar-refractivity contribution in [2.24, 2.45) is 5.16 Å². The summed E-state index contributed by atoms with van der Waals surface area (Å²) in [4.78, 5) is 56.4. The zero-order valence-corrected chi connectivity index (χ0v) is 29.7. The van der Waals surface area contributed by atoms with Crippen LogP contribution in [0.5, 0.6) is 0 Å². The normalized spacial score (nSPS) is 17.6. The lowest BCUT2D eigenvalue weighted by atomic mass is 10.0. The molecule has 2 atom stereocenters. The molecule has 2 aliphatic heterocycles. The van der Waals surface area contributed by atoms with Gasteiger partial charge in [-0.2, -0.15) is 16.1 Å². The summed E-state index contributed by atoms with van der Waals surface area (Å²) in [5, 5.41) is 7.87. The average molecular weight is 740 g/mol. The van der Waals surface area contributed by atoms with E-state index >= 15 is 0 Å². The number of thiazole rings is 1. The molecule has 248 valence electrons. The van der Waals surface area contributed by atoms with E-state index in [1.807, 2.05) is 66.9 Å². The Morgan fingerprint density at radius 1 is 1.10 bits per heavy atom. The lowest BCUT2D eigenvalue weighted by Gasteiger charge is -2.49. The summed E-state index contributed by atoms with van der Waals surface area (Å²) in [5.74, 6) is 0.556. The number of nitrogens with zero attached hydrogens (tertiary/aromatic N) is 5. The fourth-order valence-electron chi connectivity index (χ4n) is 5.06. The van der Waals surface area contributed by atoms with Crippen molar-refractivity contribution in [2.45, 2.75) is 27.6 Å². The predicted octanol–water partition coefficient (Wildman–Crippen LogP) is 4.57. The van der Waals surface area contributed by atoms with Crippen LogP contribution < -0.4 is 11.1 Å². The summed E-state index contributed by atoms with van der Waals surface area (Å²) in [6, 6.07) is 18.0. The van der Waals surface area contributed by atoms with Crippen molar-refractivity contribution in [1.29, 1.82) is 0 Å². The smallest absolute Gasteiger partial charge is 0.356 e. The Bertz CT molecular complexity index is 1810. The molecule has 4 heterocycles. The number of anilines is 1. The molecule has 17 heteroatoms. The van der Waals surface area contributed by atoms with Crippen molar-refractivity contribution >= 4 is 86.8 Å². The molecular formula is C31H29N7O5S5. The van der Waals surface area contributed by atoms with Crippen LogP contribution in [0.4, 0.5) is 5.13 Å². The Balaban J connectivity index is 1.28. The van der Waals surface area contributed by atoms with Crippen molar-refractivity contribution in [3.63, 3.8) is 0 Å². The summed E-state index contributed by atoms with van der Waals surface area (Å²) in [7, 11) is 1.31. The maximum Gasteiger partial charge on any atom is 0.356 e. The molecule has 0 aliphatic carbocycles. The zero-order valence-electron chi connectivity index (χ0n) is 25.6. The van der Waals surface area contributed by atoms with E-state index in [-0.39, 0.29) is 22.2 Å². The highest BCUT2D eigenvalue weighted by Crippen LogP contribution is 2.43. The van der Waals surface area contributed by atoms with Gasteiger partial charge in [-0.3, -0.25) is 14.5 Å². The van der Waals surface area contributed by atoms with Crippen molar-refractivity contribution in [1.82, 2.24) is 24.6 Å². The van der Waals surface area contributed by atoms with E-state index in [1.165, 1.54) is 47.1 Å².